The Balaban J connectivity index is 5.13. The van der Waals surface area contributed by atoms with E-state index in [0.717, 1.165) is 0 Å². The number of nitrogens with one attached hydrogen (secondary N) is 4. The molecule has 4 atom stereocenters. The van der Waals surface area contributed by atoms with Crippen molar-refractivity contribution >= 4 is 35.6 Å². The van der Waals surface area contributed by atoms with Gasteiger partial charge < -0.3 is 48.7 Å². The Morgan fingerprint density at radius 2 is 1.37 bits per heavy atom. The van der Waals surface area contributed by atoms with Crippen molar-refractivity contribution in [2.75, 3.05) is 19.7 Å². The van der Waals surface area contributed by atoms with Gasteiger partial charge in [-0.3, -0.25) is 24.2 Å². The fourth-order valence-electron chi connectivity index (χ4n) is 3.36. The second-order valence-electron chi connectivity index (χ2n) is 9.80. The van der Waals surface area contributed by atoms with Gasteiger partial charge in [-0.2, -0.15) is 0 Å². The number of hydrogen-bond acceptors (Lipinski definition) is 8. The number of guanidine groups is 1. The first-order valence-corrected chi connectivity index (χ1v) is 12.5. The average Bonchev–Trinajstić information content (AvgIpc) is 2.80. The number of nitrogens with zero attached hydrogens (tertiary/aromatic N) is 1. The van der Waals surface area contributed by atoms with Crippen molar-refractivity contribution in [1.29, 1.82) is 0 Å². The number of carboxylic acid groups (broad SMARTS) is 1. The number of rotatable bonds is 18. The number of aliphatic hydroxyl groups is 1. The van der Waals surface area contributed by atoms with Gasteiger partial charge in [-0.25, -0.2) is 4.79 Å². The van der Waals surface area contributed by atoms with Crippen LogP contribution in [0.4, 0.5) is 0 Å². The molecule has 0 rings (SSSR count). The average molecular weight is 545 g/mol. The predicted octanol–water partition coefficient (Wildman–Crippen LogP) is -2.89. The first-order valence-electron chi connectivity index (χ1n) is 12.5. The summed E-state index contributed by atoms with van der Waals surface area (Å²) >= 11 is 0. The van der Waals surface area contributed by atoms with Crippen LogP contribution in [-0.4, -0.2) is 89.6 Å². The summed E-state index contributed by atoms with van der Waals surface area (Å²) in [6, 6.07) is -4.63. The number of amides is 4. The summed E-state index contributed by atoms with van der Waals surface area (Å²) < 4.78 is 0. The number of carbonyl (C=O) groups excluding carboxylic acids is 4. The fraction of sp³-hybridized carbons (Fsp3) is 0.739. The molecule has 0 radical (unpaired) electrons. The van der Waals surface area contributed by atoms with Gasteiger partial charge in [0.05, 0.1) is 19.2 Å². The topological polar surface area (TPSA) is 264 Å². The summed E-state index contributed by atoms with van der Waals surface area (Å²) in [6.07, 6.45) is 0.894. The van der Waals surface area contributed by atoms with Crippen LogP contribution in [0.25, 0.3) is 0 Å². The number of aliphatic hydroxyl groups excluding tert-OH is 1. The van der Waals surface area contributed by atoms with Crippen LogP contribution in [0, 0.1) is 11.8 Å². The lowest BCUT2D eigenvalue weighted by Crippen LogP contribution is -2.57. The van der Waals surface area contributed by atoms with E-state index >= 15 is 0 Å². The molecule has 0 aromatic carbocycles. The highest BCUT2D eigenvalue weighted by Crippen LogP contribution is 2.06. The molecule has 0 heterocycles. The van der Waals surface area contributed by atoms with Crippen LogP contribution < -0.4 is 38.5 Å². The highest BCUT2D eigenvalue weighted by molar-refractivity contribution is 5.94. The zero-order valence-corrected chi connectivity index (χ0v) is 22.5. The van der Waals surface area contributed by atoms with Gasteiger partial charge in [0.1, 0.15) is 18.1 Å². The van der Waals surface area contributed by atoms with Crippen LogP contribution in [0.1, 0.15) is 53.4 Å². The molecule has 0 aliphatic heterocycles. The minimum absolute atomic E-state index is 0.00251. The second kappa shape index (κ2) is 17.9. The van der Waals surface area contributed by atoms with Crippen molar-refractivity contribution in [3.63, 3.8) is 0 Å². The van der Waals surface area contributed by atoms with Gasteiger partial charge in [0.15, 0.2) is 5.96 Å². The Bertz CT molecular complexity index is 831. The molecule has 0 unspecified atom stereocenters. The number of hydrogen-bond donors (Lipinski definition) is 9. The second-order valence-corrected chi connectivity index (χ2v) is 9.80. The third kappa shape index (κ3) is 14.9. The Morgan fingerprint density at radius 3 is 1.87 bits per heavy atom. The minimum Gasteiger partial charge on any atom is -0.480 e. The van der Waals surface area contributed by atoms with Gasteiger partial charge in [0.2, 0.25) is 23.6 Å². The van der Waals surface area contributed by atoms with Crippen molar-refractivity contribution in [1.82, 2.24) is 21.3 Å². The van der Waals surface area contributed by atoms with E-state index in [9.17, 15) is 34.2 Å². The molecule has 12 N–H and O–H groups in total. The van der Waals surface area contributed by atoms with E-state index in [4.69, 9.17) is 17.2 Å². The molecule has 0 aromatic heterocycles. The number of carboxylic acids is 1. The molecular formula is C23H44N8O7. The third-order valence-corrected chi connectivity index (χ3v) is 5.22. The van der Waals surface area contributed by atoms with E-state index in [1.165, 1.54) is 0 Å². The zero-order valence-electron chi connectivity index (χ0n) is 22.5. The van der Waals surface area contributed by atoms with Crippen LogP contribution in [0.2, 0.25) is 0 Å². The van der Waals surface area contributed by atoms with Crippen molar-refractivity contribution in [3.8, 4) is 0 Å². The molecule has 0 fully saturated rings. The monoisotopic (exact) mass is 544 g/mol. The molecule has 0 saturated carbocycles. The van der Waals surface area contributed by atoms with Crippen LogP contribution in [0.3, 0.4) is 0 Å². The van der Waals surface area contributed by atoms with Gasteiger partial charge in [0, 0.05) is 6.54 Å². The van der Waals surface area contributed by atoms with E-state index in [0.29, 0.717) is 6.42 Å². The zero-order chi connectivity index (χ0) is 29.4. The van der Waals surface area contributed by atoms with Crippen LogP contribution in [0.15, 0.2) is 4.99 Å². The number of aliphatic carboxylic acids is 1. The lowest BCUT2D eigenvalue weighted by Gasteiger charge is -2.24. The standard InChI is InChI=1S/C23H44N8O7/c1-12(2)8-14(24)19(34)28-10-18(33)29-16(9-13(3)4)20(35)31-17(11-32)21(36)30-15(22(37)38)6-5-7-27-23(25)26/h12-17,32H,5-11,24H2,1-4H3,(H,28,34)(H,29,33)(H,30,36)(H,31,35)(H,37,38)(H4,25,26,27)/t14-,15-,16-,17-/m0/s1. The van der Waals surface area contributed by atoms with Gasteiger partial charge >= 0.3 is 5.97 Å². The minimum atomic E-state index is -1.47. The van der Waals surface area contributed by atoms with Gasteiger partial charge in [0.25, 0.3) is 0 Å². The molecule has 0 spiro atoms. The van der Waals surface area contributed by atoms with Crippen molar-refractivity contribution in [2.24, 2.45) is 34.0 Å². The smallest absolute Gasteiger partial charge is 0.326 e. The first-order chi connectivity index (χ1) is 17.7. The van der Waals surface area contributed by atoms with E-state index in [-0.39, 0.29) is 43.6 Å². The van der Waals surface area contributed by atoms with Gasteiger partial charge in [-0.05, 0) is 37.5 Å². The first kappa shape index (κ1) is 34.5. The molecule has 0 aromatic rings. The molecule has 15 nitrogen and oxygen atoms in total. The molecule has 38 heavy (non-hydrogen) atoms. The SMILES string of the molecule is CC(C)C[C@H](NC(=O)CNC(=O)[C@@H](N)CC(C)C)C(=O)N[C@@H](CO)C(=O)N[C@@H](CCCN=C(N)N)C(=O)O. The highest BCUT2D eigenvalue weighted by atomic mass is 16.4. The fourth-order valence-corrected chi connectivity index (χ4v) is 3.36. The quantitative estimate of drug-likeness (QED) is 0.0483. The third-order valence-electron chi connectivity index (χ3n) is 5.22. The molecule has 0 bridgehead atoms. The van der Waals surface area contributed by atoms with E-state index in [1.807, 2.05) is 27.7 Å². The van der Waals surface area contributed by atoms with Crippen molar-refractivity contribution < 1.29 is 34.2 Å². The Morgan fingerprint density at radius 1 is 0.816 bits per heavy atom. The van der Waals surface area contributed by atoms with E-state index < -0.39 is 66.9 Å². The number of nitrogens with two attached hydrogens (primary N) is 3. The summed E-state index contributed by atoms with van der Waals surface area (Å²) in [5.41, 5.74) is 16.2. The maximum Gasteiger partial charge on any atom is 0.326 e. The normalized spacial score (nSPS) is 14.1. The largest absolute Gasteiger partial charge is 0.480 e. The van der Waals surface area contributed by atoms with E-state index in [2.05, 4.69) is 26.3 Å². The lowest BCUT2D eigenvalue weighted by atomic mass is 10.0. The summed E-state index contributed by atoms with van der Waals surface area (Å²) in [7, 11) is 0. The molecule has 218 valence electrons. The predicted molar refractivity (Wildman–Crippen MR) is 140 cm³/mol. The van der Waals surface area contributed by atoms with Crippen molar-refractivity contribution in [3.05, 3.63) is 0 Å². The molecule has 15 heteroatoms. The Hall–Kier alpha value is -3.46. The van der Waals surface area contributed by atoms with Gasteiger partial charge in [-0.1, -0.05) is 27.7 Å². The maximum absolute atomic E-state index is 12.9. The highest BCUT2D eigenvalue weighted by Gasteiger charge is 2.29. The summed E-state index contributed by atoms with van der Waals surface area (Å²) in [5, 5.41) is 28.6. The summed E-state index contributed by atoms with van der Waals surface area (Å²) in [5.74, 6) is -4.14. The maximum atomic E-state index is 12.9. The molecule has 4 amide bonds. The lowest BCUT2D eigenvalue weighted by molar-refractivity contribution is -0.142. The van der Waals surface area contributed by atoms with Crippen LogP contribution in [0.5, 0.6) is 0 Å². The summed E-state index contributed by atoms with van der Waals surface area (Å²) in [6.45, 7) is 6.38. The molecule has 0 aliphatic carbocycles. The van der Waals surface area contributed by atoms with E-state index in [1.54, 1.807) is 0 Å². The number of aliphatic imine (C=N–C) groups is 1. The summed E-state index contributed by atoms with van der Waals surface area (Å²) in [4.78, 5) is 65.2. The molecular weight excluding hydrogens is 500 g/mol. The molecule has 0 saturated heterocycles. The Kier molecular flexibility index (Phi) is 16.3. The van der Waals surface area contributed by atoms with Crippen molar-refractivity contribution in [2.45, 2.75) is 77.5 Å². The molecule has 0 aliphatic rings. The Labute approximate surface area is 222 Å². The van der Waals surface area contributed by atoms with Crippen LogP contribution in [-0.2, 0) is 24.0 Å². The van der Waals surface area contributed by atoms with Gasteiger partial charge in [-0.15, -0.1) is 0 Å². The van der Waals surface area contributed by atoms with Crippen LogP contribution >= 0.6 is 0 Å². The number of carbonyl (C=O) groups is 5.